The van der Waals surface area contributed by atoms with Crippen molar-refractivity contribution in [3.8, 4) is 0 Å². The van der Waals surface area contributed by atoms with Crippen LogP contribution in [0.2, 0.25) is 0 Å². The van der Waals surface area contributed by atoms with Gasteiger partial charge in [-0.05, 0) is 26.1 Å². The molecule has 0 saturated carbocycles. The van der Waals surface area contributed by atoms with Gasteiger partial charge in [0.15, 0.2) is 0 Å². The lowest BCUT2D eigenvalue weighted by Crippen LogP contribution is -2.29. The summed E-state index contributed by atoms with van der Waals surface area (Å²) in [5, 5.41) is 19.5. The quantitative estimate of drug-likeness (QED) is 0.365. The second kappa shape index (κ2) is 10.9. The third kappa shape index (κ3) is 7.48. The van der Waals surface area contributed by atoms with Gasteiger partial charge in [-0.1, -0.05) is 12.1 Å². The normalized spacial score (nSPS) is 9.57. The van der Waals surface area contributed by atoms with E-state index in [4.69, 9.17) is 0 Å². The van der Waals surface area contributed by atoms with Crippen LogP contribution in [0, 0.1) is 10.1 Å². The van der Waals surface area contributed by atoms with E-state index in [-0.39, 0.29) is 24.0 Å². The third-order valence-corrected chi connectivity index (χ3v) is 2.69. The molecule has 1 rings (SSSR count). The molecule has 0 radical (unpaired) electrons. The van der Waals surface area contributed by atoms with Crippen LogP contribution in [0.25, 0.3) is 0 Å². The van der Waals surface area contributed by atoms with E-state index >= 15 is 0 Å². The molecule has 0 spiro atoms. The number of anilines is 1. The number of carbonyl (C=O) groups is 1. The van der Waals surface area contributed by atoms with Crippen LogP contribution in [-0.4, -0.2) is 37.5 Å². The SMILES string of the molecule is CNCCCC(=O)NCCNc1ccccc1[N+](=O)[O-].Cl. The lowest BCUT2D eigenvalue weighted by Gasteiger charge is -2.08. The predicted octanol–water partition coefficient (Wildman–Crippen LogP) is 1.54. The number of amides is 1. The first-order valence-electron chi connectivity index (χ1n) is 6.53. The summed E-state index contributed by atoms with van der Waals surface area (Å²) in [6, 6.07) is 6.43. The molecule has 1 aromatic carbocycles. The molecular formula is C13H21ClN4O3. The summed E-state index contributed by atoms with van der Waals surface area (Å²) in [5.74, 6) is -0.00962. The zero-order chi connectivity index (χ0) is 14.8. The molecule has 0 unspecified atom stereocenters. The molecule has 0 heterocycles. The van der Waals surface area contributed by atoms with E-state index in [1.54, 1.807) is 18.2 Å². The lowest BCUT2D eigenvalue weighted by molar-refractivity contribution is -0.384. The fourth-order valence-corrected chi connectivity index (χ4v) is 1.70. The summed E-state index contributed by atoms with van der Waals surface area (Å²) < 4.78 is 0. The minimum atomic E-state index is -0.432. The molecule has 0 bridgehead atoms. The van der Waals surface area contributed by atoms with Gasteiger partial charge in [0.25, 0.3) is 5.69 Å². The maximum absolute atomic E-state index is 11.4. The zero-order valence-corrected chi connectivity index (χ0v) is 12.7. The molecule has 7 nitrogen and oxygen atoms in total. The van der Waals surface area contributed by atoms with Crippen LogP contribution >= 0.6 is 12.4 Å². The van der Waals surface area contributed by atoms with Crippen molar-refractivity contribution in [2.75, 3.05) is 32.0 Å². The molecule has 0 atom stereocenters. The Morgan fingerprint density at radius 2 is 1.95 bits per heavy atom. The van der Waals surface area contributed by atoms with Crippen LogP contribution in [0.4, 0.5) is 11.4 Å². The maximum Gasteiger partial charge on any atom is 0.292 e. The van der Waals surface area contributed by atoms with Crippen LogP contribution in [0.5, 0.6) is 0 Å². The predicted molar refractivity (Wildman–Crippen MR) is 85.0 cm³/mol. The van der Waals surface area contributed by atoms with Gasteiger partial charge in [0.2, 0.25) is 5.91 Å². The Balaban J connectivity index is 0.00000400. The van der Waals surface area contributed by atoms with E-state index in [0.717, 1.165) is 13.0 Å². The van der Waals surface area contributed by atoms with Crippen molar-refractivity contribution in [3.63, 3.8) is 0 Å². The summed E-state index contributed by atoms with van der Waals surface area (Å²) in [4.78, 5) is 21.8. The van der Waals surface area contributed by atoms with E-state index in [2.05, 4.69) is 16.0 Å². The number of nitro groups is 1. The Labute approximate surface area is 130 Å². The highest BCUT2D eigenvalue weighted by atomic mass is 35.5. The molecule has 8 heteroatoms. The monoisotopic (exact) mass is 316 g/mol. The van der Waals surface area contributed by atoms with E-state index in [9.17, 15) is 14.9 Å². The molecule has 0 aliphatic heterocycles. The lowest BCUT2D eigenvalue weighted by atomic mass is 10.2. The Bertz CT molecular complexity index is 457. The molecule has 0 aromatic heterocycles. The van der Waals surface area contributed by atoms with Crippen molar-refractivity contribution >= 4 is 29.7 Å². The topological polar surface area (TPSA) is 96.3 Å². The Kier molecular flexibility index (Phi) is 9.91. The van der Waals surface area contributed by atoms with Crippen LogP contribution in [0.3, 0.4) is 0 Å². The Hall–Kier alpha value is -1.86. The van der Waals surface area contributed by atoms with Gasteiger partial charge in [0.1, 0.15) is 5.69 Å². The van der Waals surface area contributed by atoms with Crippen LogP contribution < -0.4 is 16.0 Å². The Morgan fingerprint density at radius 3 is 2.62 bits per heavy atom. The first-order valence-corrected chi connectivity index (χ1v) is 6.53. The smallest absolute Gasteiger partial charge is 0.292 e. The van der Waals surface area contributed by atoms with Crippen LogP contribution in [0.15, 0.2) is 24.3 Å². The molecule has 118 valence electrons. The summed E-state index contributed by atoms with van der Waals surface area (Å²) in [5.41, 5.74) is 0.495. The fourth-order valence-electron chi connectivity index (χ4n) is 1.70. The van der Waals surface area contributed by atoms with Crippen molar-refractivity contribution in [3.05, 3.63) is 34.4 Å². The molecule has 0 saturated heterocycles. The number of para-hydroxylation sites is 2. The van der Waals surface area contributed by atoms with Gasteiger partial charge in [-0.15, -0.1) is 12.4 Å². The number of benzene rings is 1. The largest absolute Gasteiger partial charge is 0.378 e. The number of nitrogens with one attached hydrogen (secondary N) is 3. The highest BCUT2D eigenvalue weighted by molar-refractivity contribution is 5.85. The zero-order valence-electron chi connectivity index (χ0n) is 11.9. The second-order valence-electron chi connectivity index (χ2n) is 4.26. The molecule has 21 heavy (non-hydrogen) atoms. The number of nitrogens with zero attached hydrogens (tertiary/aromatic N) is 1. The number of halogens is 1. The number of rotatable bonds is 9. The Morgan fingerprint density at radius 1 is 1.24 bits per heavy atom. The average Bonchev–Trinajstić information content (AvgIpc) is 2.44. The summed E-state index contributed by atoms with van der Waals surface area (Å²) in [6.45, 7) is 1.69. The van der Waals surface area contributed by atoms with Gasteiger partial charge >= 0.3 is 0 Å². The van der Waals surface area contributed by atoms with E-state index < -0.39 is 4.92 Å². The number of hydrogen-bond donors (Lipinski definition) is 3. The minimum Gasteiger partial charge on any atom is -0.378 e. The number of nitro benzene ring substituents is 1. The molecule has 0 aliphatic rings. The molecule has 0 aliphatic carbocycles. The molecular weight excluding hydrogens is 296 g/mol. The summed E-state index contributed by atoms with van der Waals surface area (Å²) >= 11 is 0. The van der Waals surface area contributed by atoms with Gasteiger partial charge in [0.05, 0.1) is 4.92 Å². The van der Waals surface area contributed by atoms with Crippen molar-refractivity contribution in [2.24, 2.45) is 0 Å². The van der Waals surface area contributed by atoms with Gasteiger partial charge in [-0.3, -0.25) is 14.9 Å². The standard InChI is InChI=1S/C13H20N4O3.ClH/c1-14-8-4-7-13(18)16-10-9-15-11-5-2-3-6-12(11)17(19)20;/h2-3,5-6,14-15H,4,7-10H2,1H3,(H,16,18);1H. The van der Waals surface area contributed by atoms with E-state index in [1.807, 2.05) is 7.05 Å². The van der Waals surface area contributed by atoms with Crippen molar-refractivity contribution < 1.29 is 9.72 Å². The highest BCUT2D eigenvalue weighted by Crippen LogP contribution is 2.22. The number of hydrogen-bond acceptors (Lipinski definition) is 5. The van der Waals surface area contributed by atoms with Gasteiger partial charge in [0, 0.05) is 25.6 Å². The fraction of sp³-hybridized carbons (Fsp3) is 0.462. The number of carbonyl (C=O) groups excluding carboxylic acids is 1. The molecule has 3 N–H and O–H groups in total. The van der Waals surface area contributed by atoms with E-state index in [1.165, 1.54) is 6.07 Å². The van der Waals surface area contributed by atoms with Crippen LogP contribution in [0.1, 0.15) is 12.8 Å². The van der Waals surface area contributed by atoms with Crippen molar-refractivity contribution in [1.82, 2.24) is 10.6 Å². The third-order valence-electron chi connectivity index (χ3n) is 2.69. The first kappa shape index (κ1) is 19.1. The van der Waals surface area contributed by atoms with Gasteiger partial charge in [-0.2, -0.15) is 0 Å². The minimum absolute atomic E-state index is 0. The van der Waals surface area contributed by atoms with E-state index in [0.29, 0.717) is 25.2 Å². The average molecular weight is 317 g/mol. The maximum atomic E-state index is 11.4. The van der Waals surface area contributed by atoms with Crippen molar-refractivity contribution in [1.29, 1.82) is 0 Å². The summed E-state index contributed by atoms with van der Waals surface area (Å²) in [7, 11) is 1.84. The van der Waals surface area contributed by atoms with Gasteiger partial charge < -0.3 is 16.0 Å². The summed E-state index contributed by atoms with van der Waals surface area (Å²) in [6.07, 6.45) is 1.27. The highest BCUT2D eigenvalue weighted by Gasteiger charge is 2.11. The molecule has 1 amide bonds. The first-order chi connectivity index (χ1) is 9.65. The second-order valence-corrected chi connectivity index (χ2v) is 4.26. The van der Waals surface area contributed by atoms with Crippen LogP contribution in [-0.2, 0) is 4.79 Å². The molecule has 0 fully saturated rings. The van der Waals surface area contributed by atoms with Crippen molar-refractivity contribution in [2.45, 2.75) is 12.8 Å². The van der Waals surface area contributed by atoms with Gasteiger partial charge in [-0.25, -0.2) is 0 Å². The molecule has 1 aromatic rings.